The van der Waals surface area contributed by atoms with Crippen LogP contribution in [0.1, 0.15) is 47.0 Å². The standard InChI is InChI=1S/C25H40N6O3/c1-17(2)31(18(3)4)14-11-26-24-19-15-21(33-5)22(34-6)16-20(19)28-25(29-24)27-10-8-13-30-12-7-9-23(30)32/h15-18H,7-14H2,1-6H3,(H2,26,27,28,29). The fourth-order valence-electron chi connectivity index (χ4n) is 4.50. The second-order valence-electron chi connectivity index (χ2n) is 9.24. The fourth-order valence-corrected chi connectivity index (χ4v) is 4.50. The first-order valence-corrected chi connectivity index (χ1v) is 12.3. The SMILES string of the molecule is COc1cc2nc(NCCCN3CCCC3=O)nc(NCCN(C(C)C)C(C)C)c2cc1OC. The van der Waals surface area contributed by atoms with E-state index >= 15 is 0 Å². The second kappa shape index (κ2) is 12.1. The van der Waals surface area contributed by atoms with Crippen LogP contribution in [0.25, 0.3) is 10.9 Å². The van der Waals surface area contributed by atoms with E-state index in [4.69, 9.17) is 19.4 Å². The zero-order chi connectivity index (χ0) is 24.7. The monoisotopic (exact) mass is 472 g/mol. The molecule has 2 N–H and O–H groups in total. The third-order valence-corrected chi connectivity index (χ3v) is 6.25. The van der Waals surface area contributed by atoms with Crippen molar-refractivity contribution in [2.75, 3.05) is 57.6 Å². The van der Waals surface area contributed by atoms with Crippen molar-refractivity contribution in [1.29, 1.82) is 0 Å². The Hall–Kier alpha value is -2.81. The minimum Gasteiger partial charge on any atom is -0.493 e. The van der Waals surface area contributed by atoms with Crippen LogP contribution in [0.15, 0.2) is 12.1 Å². The third kappa shape index (κ3) is 6.40. The molecule has 1 fully saturated rings. The Morgan fingerprint density at radius 1 is 1.03 bits per heavy atom. The van der Waals surface area contributed by atoms with Gasteiger partial charge in [0.1, 0.15) is 5.82 Å². The van der Waals surface area contributed by atoms with Crippen LogP contribution in [0.4, 0.5) is 11.8 Å². The number of hydrogen-bond acceptors (Lipinski definition) is 8. The van der Waals surface area contributed by atoms with Crippen LogP contribution >= 0.6 is 0 Å². The van der Waals surface area contributed by atoms with Gasteiger partial charge in [-0.2, -0.15) is 4.98 Å². The number of likely N-dealkylation sites (tertiary alicyclic amines) is 1. The Labute approximate surface area is 203 Å². The predicted octanol–water partition coefficient (Wildman–Crippen LogP) is 3.60. The molecule has 0 spiro atoms. The molecule has 0 bridgehead atoms. The third-order valence-electron chi connectivity index (χ3n) is 6.25. The number of benzene rings is 1. The molecule has 0 aliphatic carbocycles. The highest BCUT2D eigenvalue weighted by atomic mass is 16.5. The van der Waals surface area contributed by atoms with E-state index in [0.717, 1.165) is 55.7 Å². The Bertz CT molecular complexity index is 957. The summed E-state index contributed by atoms with van der Waals surface area (Å²) < 4.78 is 11.0. The van der Waals surface area contributed by atoms with Crippen molar-refractivity contribution in [3.8, 4) is 11.5 Å². The van der Waals surface area contributed by atoms with E-state index in [-0.39, 0.29) is 5.91 Å². The van der Waals surface area contributed by atoms with Crippen LogP contribution < -0.4 is 20.1 Å². The molecule has 0 radical (unpaired) electrons. The Morgan fingerprint density at radius 2 is 1.74 bits per heavy atom. The van der Waals surface area contributed by atoms with Gasteiger partial charge in [-0.15, -0.1) is 0 Å². The molecular formula is C25H40N6O3. The van der Waals surface area contributed by atoms with Crippen LogP contribution in [0.2, 0.25) is 0 Å². The largest absolute Gasteiger partial charge is 0.493 e. The van der Waals surface area contributed by atoms with Gasteiger partial charge < -0.3 is 25.0 Å². The van der Waals surface area contributed by atoms with Crippen LogP contribution in [0.5, 0.6) is 11.5 Å². The highest BCUT2D eigenvalue weighted by molar-refractivity contribution is 5.92. The number of rotatable bonds is 13. The normalized spacial score (nSPS) is 14.0. The van der Waals surface area contributed by atoms with Crippen LogP contribution in [0, 0.1) is 0 Å². The molecule has 0 saturated carbocycles. The van der Waals surface area contributed by atoms with Crippen LogP contribution in [-0.2, 0) is 4.79 Å². The summed E-state index contributed by atoms with van der Waals surface area (Å²) >= 11 is 0. The smallest absolute Gasteiger partial charge is 0.225 e. The lowest BCUT2D eigenvalue weighted by Gasteiger charge is -2.30. The molecule has 34 heavy (non-hydrogen) atoms. The van der Waals surface area contributed by atoms with E-state index in [1.165, 1.54) is 0 Å². The molecule has 188 valence electrons. The van der Waals surface area contributed by atoms with Gasteiger partial charge in [-0.3, -0.25) is 9.69 Å². The summed E-state index contributed by atoms with van der Waals surface area (Å²) in [6.07, 6.45) is 2.48. The van der Waals surface area contributed by atoms with Crippen molar-refractivity contribution >= 4 is 28.6 Å². The van der Waals surface area contributed by atoms with Crippen LogP contribution in [-0.4, -0.2) is 84.7 Å². The van der Waals surface area contributed by atoms with Crippen molar-refractivity contribution in [2.24, 2.45) is 0 Å². The Morgan fingerprint density at radius 3 is 2.35 bits per heavy atom. The minimum atomic E-state index is 0.256. The van der Waals surface area contributed by atoms with E-state index in [1.54, 1.807) is 14.2 Å². The fraction of sp³-hybridized carbons (Fsp3) is 0.640. The van der Waals surface area contributed by atoms with E-state index in [0.29, 0.717) is 42.5 Å². The topological polar surface area (TPSA) is 91.8 Å². The first kappa shape index (κ1) is 25.8. The van der Waals surface area contributed by atoms with Gasteiger partial charge in [0.25, 0.3) is 0 Å². The van der Waals surface area contributed by atoms with Crippen LogP contribution in [0.3, 0.4) is 0 Å². The summed E-state index contributed by atoms with van der Waals surface area (Å²) in [4.78, 5) is 25.7. The first-order chi connectivity index (χ1) is 16.3. The molecule has 0 unspecified atom stereocenters. The molecule has 3 rings (SSSR count). The molecule has 1 aromatic heterocycles. The number of anilines is 2. The van der Waals surface area contributed by atoms with E-state index in [2.05, 4.69) is 43.2 Å². The second-order valence-corrected chi connectivity index (χ2v) is 9.24. The van der Waals surface area contributed by atoms with E-state index < -0.39 is 0 Å². The van der Waals surface area contributed by atoms with Gasteiger partial charge in [0.2, 0.25) is 11.9 Å². The molecule has 1 aliphatic rings. The summed E-state index contributed by atoms with van der Waals surface area (Å²) in [6.45, 7) is 12.8. The van der Waals surface area contributed by atoms with E-state index in [1.807, 2.05) is 17.0 Å². The maximum atomic E-state index is 11.8. The molecule has 9 nitrogen and oxygen atoms in total. The first-order valence-electron chi connectivity index (χ1n) is 12.3. The number of nitrogens with zero attached hydrogens (tertiary/aromatic N) is 4. The minimum absolute atomic E-state index is 0.256. The summed E-state index contributed by atoms with van der Waals surface area (Å²) in [6, 6.07) is 4.73. The number of amides is 1. The van der Waals surface area contributed by atoms with Crippen molar-refractivity contribution in [3.05, 3.63) is 12.1 Å². The number of aromatic nitrogens is 2. The zero-order valence-corrected chi connectivity index (χ0v) is 21.5. The zero-order valence-electron chi connectivity index (χ0n) is 21.5. The van der Waals surface area contributed by atoms with Gasteiger partial charge in [-0.1, -0.05) is 0 Å². The summed E-state index contributed by atoms with van der Waals surface area (Å²) in [5.74, 6) is 2.84. The molecule has 1 saturated heterocycles. The number of carbonyl (C=O) groups excluding carboxylic acids is 1. The molecule has 9 heteroatoms. The maximum absolute atomic E-state index is 11.8. The van der Waals surface area contributed by atoms with Crippen molar-refractivity contribution in [2.45, 2.75) is 59.0 Å². The van der Waals surface area contributed by atoms with Crippen molar-refractivity contribution in [3.63, 3.8) is 0 Å². The number of methoxy groups -OCH3 is 2. The summed E-state index contributed by atoms with van der Waals surface area (Å²) in [7, 11) is 3.25. The molecule has 2 heterocycles. The molecule has 1 amide bonds. The van der Waals surface area contributed by atoms with Gasteiger partial charge in [0.15, 0.2) is 11.5 Å². The molecule has 0 atom stereocenters. The van der Waals surface area contributed by atoms with Crippen molar-refractivity contribution < 1.29 is 14.3 Å². The average molecular weight is 473 g/mol. The highest BCUT2D eigenvalue weighted by Gasteiger charge is 2.19. The quantitative estimate of drug-likeness (QED) is 0.427. The number of ether oxygens (including phenoxy) is 2. The average Bonchev–Trinajstić information content (AvgIpc) is 3.22. The van der Waals surface area contributed by atoms with E-state index in [9.17, 15) is 4.79 Å². The number of hydrogen-bond donors (Lipinski definition) is 2. The lowest BCUT2D eigenvalue weighted by atomic mass is 10.2. The molecule has 1 aliphatic heterocycles. The molecule has 1 aromatic carbocycles. The Balaban J connectivity index is 1.76. The van der Waals surface area contributed by atoms with Gasteiger partial charge in [-0.25, -0.2) is 4.98 Å². The van der Waals surface area contributed by atoms with Gasteiger partial charge in [0, 0.05) is 62.7 Å². The summed E-state index contributed by atoms with van der Waals surface area (Å²) in [5, 5.41) is 7.73. The maximum Gasteiger partial charge on any atom is 0.225 e. The van der Waals surface area contributed by atoms with Gasteiger partial charge in [0.05, 0.1) is 19.7 Å². The number of nitrogens with one attached hydrogen (secondary N) is 2. The number of carbonyl (C=O) groups is 1. The predicted molar refractivity (Wildman–Crippen MR) is 137 cm³/mol. The lowest BCUT2D eigenvalue weighted by Crippen LogP contribution is -2.40. The van der Waals surface area contributed by atoms with Crippen molar-refractivity contribution in [1.82, 2.24) is 19.8 Å². The number of fused-ring (bicyclic) bond motifs is 1. The molecule has 2 aromatic rings. The van der Waals surface area contributed by atoms with Gasteiger partial charge >= 0.3 is 0 Å². The Kier molecular flexibility index (Phi) is 9.15. The molecular weight excluding hydrogens is 432 g/mol. The highest BCUT2D eigenvalue weighted by Crippen LogP contribution is 2.34. The summed E-state index contributed by atoms with van der Waals surface area (Å²) in [5.41, 5.74) is 0.775. The van der Waals surface area contributed by atoms with Gasteiger partial charge in [-0.05, 0) is 46.6 Å². The lowest BCUT2D eigenvalue weighted by molar-refractivity contribution is -0.127.